The Morgan fingerprint density at radius 2 is 1.36 bits per heavy atom. The van der Waals surface area contributed by atoms with Crippen LogP contribution in [0.2, 0.25) is 0 Å². The molecule has 1 aliphatic heterocycles. The van der Waals surface area contributed by atoms with Gasteiger partial charge >= 0.3 is 23.9 Å². The van der Waals surface area contributed by atoms with Gasteiger partial charge in [0, 0.05) is 27.7 Å². The maximum Gasteiger partial charge on any atom is 0.303 e. The van der Waals surface area contributed by atoms with E-state index in [-0.39, 0.29) is 19.8 Å². The lowest BCUT2D eigenvalue weighted by molar-refractivity contribution is -0.309. The first-order valence-electron chi connectivity index (χ1n) is 11.2. The van der Waals surface area contributed by atoms with Crippen LogP contribution in [0.3, 0.4) is 0 Å². The van der Waals surface area contributed by atoms with Crippen LogP contribution in [0.5, 0.6) is 5.75 Å². The van der Waals surface area contributed by atoms with Gasteiger partial charge in [0.1, 0.15) is 18.5 Å². The van der Waals surface area contributed by atoms with Gasteiger partial charge in [-0.25, -0.2) is 0 Å². The largest absolute Gasteiger partial charge is 0.497 e. The van der Waals surface area contributed by atoms with Crippen LogP contribution < -0.4 is 4.74 Å². The van der Waals surface area contributed by atoms with Crippen LogP contribution in [0.25, 0.3) is 0 Å². The topological polar surface area (TPSA) is 142 Å². The van der Waals surface area contributed by atoms with E-state index in [0.29, 0.717) is 6.61 Å². The van der Waals surface area contributed by atoms with Gasteiger partial charge in [0.2, 0.25) is 0 Å². The van der Waals surface area contributed by atoms with Gasteiger partial charge in [-0.3, -0.25) is 19.2 Å². The van der Waals surface area contributed by atoms with Gasteiger partial charge in [0.05, 0.1) is 26.9 Å². The molecule has 0 radical (unpaired) electrons. The number of ether oxygens (including phenoxy) is 8. The van der Waals surface area contributed by atoms with Crippen molar-refractivity contribution >= 4 is 23.9 Å². The zero-order chi connectivity index (χ0) is 26.7. The minimum absolute atomic E-state index is 0.0178. The first-order valence-corrected chi connectivity index (χ1v) is 11.2. The number of carbonyl (C=O) groups excluding carboxylic acids is 4. The van der Waals surface area contributed by atoms with Crippen LogP contribution in [-0.4, -0.2) is 81.5 Å². The number of rotatable bonds is 12. The molecule has 1 aliphatic rings. The highest BCUT2D eigenvalue weighted by molar-refractivity contribution is 5.68. The maximum atomic E-state index is 11.8. The normalized spacial score (nSPS) is 23.3. The SMILES string of the molecule is COc1ccc(COCCO[C@@H]2O[C@H](COC(C)=O)[C@@H](OC(C)=O)[C@H](OC(C)=O)[C@H]2OC(C)=O)cc1. The molecular weight excluding hydrogens is 480 g/mol. The Hall–Kier alpha value is -3.22. The van der Waals surface area contributed by atoms with Gasteiger partial charge in [-0.05, 0) is 17.7 Å². The summed E-state index contributed by atoms with van der Waals surface area (Å²) in [5.41, 5.74) is 0.920. The molecule has 0 aliphatic carbocycles. The number of benzene rings is 1. The molecule has 0 spiro atoms. The molecule has 1 saturated heterocycles. The Bertz CT molecular complexity index is 884. The fourth-order valence-electron chi connectivity index (χ4n) is 3.46. The number of hydrogen-bond acceptors (Lipinski definition) is 12. The lowest BCUT2D eigenvalue weighted by atomic mass is 9.98. The number of methoxy groups -OCH3 is 1. The fourth-order valence-corrected chi connectivity index (χ4v) is 3.46. The van der Waals surface area contributed by atoms with Crippen molar-refractivity contribution in [2.75, 3.05) is 26.9 Å². The van der Waals surface area contributed by atoms with Crippen LogP contribution in [0, 0.1) is 0 Å². The molecule has 1 heterocycles. The van der Waals surface area contributed by atoms with Crippen LogP contribution >= 0.6 is 0 Å². The van der Waals surface area contributed by atoms with Crippen molar-refractivity contribution in [2.45, 2.75) is 65.0 Å². The van der Waals surface area contributed by atoms with Gasteiger partial charge in [0.25, 0.3) is 0 Å². The van der Waals surface area contributed by atoms with Crippen molar-refractivity contribution in [1.82, 2.24) is 0 Å². The summed E-state index contributed by atoms with van der Waals surface area (Å²) in [6, 6.07) is 7.34. The highest BCUT2D eigenvalue weighted by atomic mass is 16.7. The van der Waals surface area contributed by atoms with Gasteiger partial charge < -0.3 is 37.9 Å². The summed E-state index contributed by atoms with van der Waals surface area (Å²) in [5, 5.41) is 0. The zero-order valence-electron chi connectivity index (χ0n) is 20.9. The molecule has 1 aromatic rings. The van der Waals surface area contributed by atoms with Crippen molar-refractivity contribution in [3.8, 4) is 5.75 Å². The Morgan fingerprint density at radius 1 is 0.778 bits per heavy atom. The predicted octanol–water partition coefficient (Wildman–Crippen LogP) is 1.31. The van der Waals surface area contributed by atoms with Crippen LogP contribution in [0.4, 0.5) is 0 Å². The minimum atomic E-state index is -1.28. The molecule has 1 fully saturated rings. The van der Waals surface area contributed by atoms with Gasteiger partial charge in [0.15, 0.2) is 24.6 Å². The highest BCUT2D eigenvalue weighted by Gasteiger charge is 2.52. The molecule has 5 atom stereocenters. The van der Waals surface area contributed by atoms with E-state index >= 15 is 0 Å². The van der Waals surface area contributed by atoms with Crippen molar-refractivity contribution in [1.29, 1.82) is 0 Å². The summed E-state index contributed by atoms with van der Waals surface area (Å²) in [5.74, 6) is -2.00. The molecular formula is C24H32O12. The molecule has 0 saturated carbocycles. The molecule has 0 aromatic heterocycles. The lowest BCUT2D eigenvalue weighted by Crippen LogP contribution is -2.63. The van der Waals surface area contributed by atoms with Crippen LogP contribution in [0.15, 0.2) is 24.3 Å². The molecule has 0 bridgehead atoms. The second-order valence-corrected chi connectivity index (χ2v) is 7.84. The summed E-state index contributed by atoms with van der Waals surface area (Å²) in [6.07, 6.45) is -6.10. The summed E-state index contributed by atoms with van der Waals surface area (Å²) >= 11 is 0. The summed E-state index contributed by atoms with van der Waals surface area (Å²) < 4.78 is 43.4. The number of esters is 4. The second kappa shape index (κ2) is 14.4. The fraction of sp³-hybridized carbons (Fsp3) is 0.583. The third-order valence-electron chi connectivity index (χ3n) is 4.89. The van der Waals surface area contributed by atoms with E-state index in [1.54, 1.807) is 7.11 Å². The van der Waals surface area contributed by atoms with Crippen molar-refractivity contribution in [3.05, 3.63) is 29.8 Å². The van der Waals surface area contributed by atoms with Crippen molar-refractivity contribution < 1.29 is 57.1 Å². The molecule has 2 rings (SSSR count). The van der Waals surface area contributed by atoms with E-state index in [1.807, 2.05) is 24.3 Å². The molecule has 0 N–H and O–H groups in total. The van der Waals surface area contributed by atoms with E-state index < -0.39 is 54.6 Å². The molecule has 1 aromatic carbocycles. The Balaban J connectivity index is 2.11. The highest BCUT2D eigenvalue weighted by Crippen LogP contribution is 2.30. The monoisotopic (exact) mass is 512 g/mol. The van der Waals surface area contributed by atoms with Crippen molar-refractivity contribution in [2.24, 2.45) is 0 Å². The predicted molar refractivity (Wildman–Crippen MR) is 121 cm³/mol. The molecule has 36 heavy (non-hydrogen) atoms. The third-order valence-corrected chi connectivity index (χ3v) is 4.89. The third kappa shape index (κ3) is 9.44. The standard InChI is InChI=1S/C24H32O12/c1-14(25)32-13-20-21(33-15(2)26)22(34-16(3)27)23(35-17(4)28)24(36-20)31-11-10-30-12-18-6-8-19(29-5)9-7-18/h6-9,20-24H,10-13H2,1-5H3/t20-,21-,22+,23-,24-/m1/s1. The first kappa shape index (κ1) is 29.0. The summed E-state index contributed by atoms with van der Waals surface area (Å²) in [7, 11) is 1.58. The molecule has 0 unspecified atom stereocenters. The van der Waals surface area contributed by atoms with Gasteiger partial charge in [-0.1, -0.05) is 12.1 Å². The van der Waals surface area contributed by atoms with Crippen LogP contribution in [0.1, 0.15) is 33.3 Å². The molecule has 12 nitrogen and oxygen atoms in total. The zero-order valence-corrected chi connectivity index (χ0v) is 20.9. The van der Waals surface area contributed by atoms with E-state index in [4.69, 9.17) is 37.9 Å². The average molecular weight is 513 g/mol. The maximum absolute atomic E-state index is 11.8. The van der Waals surface area contributed by atoms with E-state index in [0.717, 1.165) is 32.1 Å². The second-order valence-electron chi connectivity index (χ2n) is 7.84. The smallest absolute Gasteiger partial charge is 0.303 e. The van der Waals surface area contributed by atoms with Crippen molar-refractivity contribution in [3.63, 3.8) is 0 Å². The van der Waals surface area contributed by atoms with Gasteiger partial charge in [-0.15, -0.1) is 0 Å². The van der Waals surface area contributed by atoms with Gasteiger partial charge in [-0.2, -0.15) is 0 Å². The minimum Gasteiger partial charge on any atom is -0.497 e. The lowest BCUT2D eigenvalue weighted by Gasteiger charge is -2.44. The first-order chi connectivity index (χ1) is 17.1. The average Bonchev–Trinajstić information content (AvgIpc) is 2.80. The van der Waals surface area contributed by atoms with E-state index in [2.05, 4.69) is 0 Å². The molecule has 0 amide bonds. The number of carbonyl (C=O) groups is 4. The summed E-state index contributed by atoms with van der Waals surface area (Å²) in [4.78, 5) is 46.8. The molecule has 12 heteroatoms. The van der Waals surface area contributed by atoms with E-state index in [1.165, 1.54) is 6.92 Å². The molecule has 200 valence electrons. The Kier molecular flexibility index (Phi) is 11.6. The quantitative estimate of drug-likeness (QED) is 0.226. The van der Waals surface area contributed by atoms with E-state index in [9.17, 15) is 19.2 Å². The summed E-state index contributed by atoms with van der Waals surface area (Å²) in [6.45, 7) is 4.81. The Morgan fingerprint density at radius 3 is 1.92 bits per heavy atom. The number of hydrogen-bond donors (Lipinski definition) is 0. The van der Waals surface area contributed by atoms with Crippen LogP contribution in [-0.2, 0) is 58.9 Å². The Labute approximate surface area is 209 Å².